The van der Waals surface area contributed by atoms with Crippen LogP contribution in [0.25, 0.3) is 0 Å². The number of carbonyl (C=O) groups is 1. The number of hydrogen-bond acceptors (Lipinski definition) is 5. The van der Waals surface area contributed by atoms with Gasteiger partial charge in [0.25, 0.3) is 5.91 Å². The number of hydrogen-bond donors (Lipinski definition) is 2. The standard InChI is InChI=1S/C14H18N6O/c1-15-13-11(3-2-7-16-13)14(21)18-10-4-5-12-19-17-9-20(12)8-6-10/h2-3,7,9-10H,4-6,8H2,1H3,(H,15,16)(H,18,21). The summed E-state index contributed by atoms with van der Waals surface area (Å²) in [6.45, 7) is 0.833. The molecule has 0 aromatic carbocycles. The number of carbonyl (C=O) groups excluding carboxylic acids is 1. The average Bonchev–Trinajstić information content (AvgIpc) is 2.89. The topological polar surface area (TPSA) is 84.7 Å². The number of amides is 1. The quantitative estimate of drug-likeness (QED) is 0.874. The molecule has 0 bridgehead atoms. The first-order valence-corrected chi connectivity index (χ1v) is 7.08. The Balaban J connectivity index is 1.67. The third-order valence-corrected chi connectivity index (χ3v) is 3.75. The second-order valence-electron chi connectivity index (χ2n) is 5.09. The molecule has 3 rings (SSSR count). The molecule has 0 spiro atoms. The van der Waals surface area contributed by atoms with Gasteiger partial charge in [-0.1, -0.05) is 0 Å². The molecule has 7 nitrogen and oxygen atoms in total. The smallest absolute Gasteiger partial charge is 0.255 e. The van der Waals surface area contributed by atoms with E-state index in [0.29, 0.717) is 11.4 Å². The van der Waals surface area contributed by atoms with Crippen molar-refractivity contribution in [2.24, 2.45) is 0 Å². The van der Waals surface area contributed by atoms with Crippen molar-refractivity contribution < 1.29 is 4.79 Å². The van der Waals surface area contributed by atoms with Crippen molar-refractivity contribution in [1.29, 1.82) is 0 Å². The summed E-state index contributed by atoms with van der Waals surface area (Å²) < 4.78 is 2.05. The number of pyridine rings is 1. The van der Waals surface area contributed by atoms with E-state index in [9.17, 15) is 4.79 Å². The Morgan fingerprint density at radius 1 is 1.43 bits per heavy atom. The van der Waals surface area contributed by atoms with Crippen LogP contribution in [-0.2, 0) is 13.0 Å². The monoisotopic (exact) mass is 286 g/mol. The van der Waals surface area contributed by atoms with E-state index in [0.717, 1.165) is 31.6 Å². The zero-order chi connectivity index (χ0) is 14.7. The Morgan fingerprint density at radius 3 is 3.19 bits per heavy atom. The van der Waals surface area contributed by atoms with Crippen LogP contribution in [0.4, 0.5) is 5.82 Å². The van der Waals surface area contributed by atoms with Gasteiger partial charge in [0.2, 0.25) is 0 Å². The highest BCUT2D eigenvalue weighted by Crippen LogP contribution is 2.15. The summed E-state index contributed by atoms with van der Waals surface area (Å²) in [5.41, 5.74) is 0.573. The van der Waals surface area contributed by atoms with Gasteiger partial charge < -0.3 is 15.2 Å². The summed E-state index contributed by atoms with van der Waals surface area (Å²) in [7, 11) is 1.76. The van der Waals surface area contributed by atoms with Gasteiger partial charge in [0.05, 0.1) is 5.56 Å². The maximum atomic E-state index is 12.4. The number of anilines is 1. The minimum Gasteiger partial charge on any atom is -0.372 e. The SMILES string of the molecule is CNc1ncccc1C(=O)NC1CCc2nncn2CC1. The van der Waals surface area contributed by atoms with Crippen LogP contribution in [0.5, 0.6) is 0 Å². The molecule has 110 valence electrons. The van der Waals surface area contributed by atoms with Gasteiger partial charge in [0, 0.05) is 32.3 Å². The highest BCUT2D eigenvalue weighted by atomic mass is 16.1. The number of nitrogens with one attached hydrogen (secondary N) is 2. The minimum absolute atomic E-state index is 0.0879. The van der Waals surface area contributed by atoms with Crippen molar-refractivity contribution in [3.05, 3.63) is 36.0 Å². The third kappa shape index (κ3) is 2.86. The van der Waals surface area contributed by atoms with Crippen LogP contribution in [0, 0.1) is 0 Å². The summed E-state index contributed by atoms with van der Waals surface area (Å²) in [4.78, 5) is 16.5. The molecule has 2 N–H and O–H groups in total. The van der Waals surface area contributed by atoms with E-state index in [2.05, 4.69) is 30.4 Å². The predicted molar refractivity (Wildman–Crippen MR) is 78.0 cm³/mol. The van der Waals surface area contributed by atoms with E-state index in [1.54, 1.807) is 31.7 Å². The zero-order valence-corrected chi connectivity index (χ0v) is 11.9. The Kier molecular flexibility index (Phi) is 3.81. The molecule has 2 aromatic heterocycles. The van der Waals surface area contributed by atoms with Gasteiger partial charge in [0.15, 0.2) is 0 Å². The Bertz CT molecular complexity index is 615. The summed E-state index contributed by atoms with van der Waals surface area (Å²) >= 11 is 0. The number of fused-ring (bicyclic) bond motifs is 1. The lowest BCUT2D eigenvalue weighted by Crippen LogP contribution is -2.35. The molecule has 7 heteroatoms. The van der Waals surface area contributed by atoms with Crippen LogP contribution in [-0.4, -0.2) is 38.7 Å². The fourth-order valence-electron chi connectivity index (χ4n) is 2.60. The Hall–Kier alpha value is -2.44. The molecule has 1 atom stereocenters. The van der Waals surface area contributed by atoms with Gasteiger partial charge in [0.1, 0.15) is 18.0 Å². The molecule has 0 radical (unpaired) electrons. The largest absolute Gasteiger partial charge is 0.372 e. The average molecular weight is 286 g/mol. The van der Waals surface area contributed by atoms with Gasteiger partial charge in [-0.05, 0) is 25.0 Å². The molecule has 0 aliphatic carbocycles. The fraction of sp³-hybridized carbons (Fsp3) is 0.429. The highest BCUT2D eigenvalue weighted by Gasteiger charge is 2.20. The number of rotatable bonds is 3. The summed E-state index contributed by atoms with van der Waals surface area (Å²) in [5.74, 6) is 1.50. The van der Waals surface area contributed by atoms with Gasteiger partial charge in [-0.15, -0.1) is 10.2 Å². The lowest BCUT2D eigenvalue weighted by Gasteiger charge is -2.17. The van der Waals surface area contributed by atoms with E-state index in [1.165, 1.54) is 0 Å². The lowest BCUT2D eigenvalue weighted by molar-refractivity contribution is 0.0933. The lowest BCUT2D eigenvalue weighted by atomic mass is 10.1. The number of aryl methyl sites for hydroxylation is 2. The van der Waals surface area contributed by atoms with Gasteiger partial charge in [-0.3, -0.25) is 4.79 Å². The first-order valence-electron chi connectivity index (χ1n) is 7.08. The third-order valence-electron chi connectivity index (χ3n) is 3.75. The second-order valence-corrected chi connectivity index (χ2v) is 5.09. The van der Waals surface area contributed by atoms with Gasteiger partial charge >= 0.3 is 0 Å². The zero-order valence-electron chi connectivity index (χ0n) is 11.9. The summed E-state index contributed by atoms with van der Waals surface area (Å²) in [5, 5.41) is 14.0. The molecular formula is C14H18N6O. The molecule has 0 saturated heterocycles. The van der Waals surface area contributed by atoms with Gasteiger partial charge in [-0.2, -0.15) is 0 Å². The van der Waals surface area contributed by atoms with Crippen molar-refractivity contribution in [3.63, 3.8) is 0 Å². The van der Waals surface area contributed by atoms with E-state index >= 15 is 0 Å². The van der Waals surface area contributed by atoms with Crippen LogP contribution in [0.2, 0.25) is 0 Å². The van der Waals surface area contributed by atoms with Crippen molar-refractivity contribution in [2.75, 3.05) is 12.4 Å². The second kappa shape index (κ2) is 5.90. The predicted octanol–water partition coefficient (Wildman–Crippen LogP) is 0.850. The van der Waals surface area contributed by atoms with Crippen molar-refractivity contribution in [2.45, 2.75) is 31.8 Å². The van der Waals surface area contributed by atoms with Crippen LogP contribution in [0.3, 0.4) is 0 Å². The number of aromatic nitrogens is 4. The van der Waals surface area contributed by atoms with E-state index in [1.807, 2.05) is 0 Å². The molecule has 0 fully saturated rings. The fourth-order valence-corrected chi connectivity index (χ4v) is 2.60. The highest BCUT2D eigenvalue weighted by molar-refractivity contribution is 5.98. The molecular weight excluding hydrogens is 268 g/mol. The van der Waals surface area contributed by atoms with Crippen molar-refractivity contribution in [1.82, 2.24) is 25.1 Å². The molecule has 3 heterocycles. The Morgan fingerprint density at radius 2 is 2.33 bits per heavy atom. The Labute approximate surface area is 122 Å². The van der Waals surface area contributed by atoms with Crippen molar-refractivity contribution >= 4 is 11.7 Å². The normalized spacial score (nSPS) is 17.7. The maximum absolute atomic E-state index is 12.4. The van der Waals surface area contributed by atoms with E-state index in [-0.39, 0.29) is 11.9 Å². The van der Waals surface area contributed by atoms with Gasteiger partial charge in [-0.25, -0.2) is 4.98 Å². The summed E-state index contributed by atoms with van der Waals surface area (Å²) in [6.07, 6.45) is 6.00. The first kappa shape index (κ1) is 13.5. The molecule has 2 aromatic rings. The summed E-state index contributed by atoms with van der Waals surface area (Å²) in [6, 6.07) is 3.69. The van der Waals surface area contributed by atoms with E-state index in [4.69, 9.17) is 0 Å². The first-order chi connectivity index (χ1) is 10.3. The van der Waals surface area contributed by atoms with Crippen LogP contribution in [0.15, 0.2) is 24.7 Å². The molecule has 21 heavy (non-hydrogen) atoms. The van der Waals surface area contributed by atoms with Crippen LogP contribution in [0.1, 0.15) is 29.0 Å². The molecule has 1 unspecified atom stereocenters. The van der Waals surface area contributed by atoms with Crippen LogP contribution >= 0.6 is 0 Å². The maximum Gasteiger partial charge on any atom is 0.255 e. The van der Waals surface area contributed by atoms with Crippen molar-refractivity contribution in [3.8, 4) is 0 Å². The van der Waals surface area contributed by atoms with E-state index < -0.39 is 0 Å². The van der Waals surface area contributed by atoms with Crippen LogP contribution < -0.4 is 10.6 Å². The minimum atomic E-state index is -0.0879. The molecule has 0 saturated carbocycles. The molecule has 1 amide bonds. The number of nitrogens with zero attached hydrogens (tertiary/aromatic N) is 4. The molecule has 1 aliphatic heterocycles. The molecule has 1 aliphatic rings.